The van der Waals surface area contributed by atoms with Gasteiger partial charge in [0.25, 0.3) is 0 Å². The molecule has 0 bridgehead atoms. The van der Waals surface area contributed by atoms with Gasteiger partial charge in [0.2, 0.25) is 11.8 Å². The van der Waals surface area contributed by atoms with Crippen molar-refractivity contribution in [2.75, 3.05) is 18.4 Å². The Kier molecular flexibility index (Phi) is 7.55. The van der Waals surface area contributed by atoms with Gasteiger partial charge in [-0.2, -0.15) is 18.3 Å². The molecule has 0 fully saturated rings. The number of rotatable bonds is 7. The lowest BCUT2D eigenvalue weighted by molar-refractivity contribution is -0.137. The standard InChI is InChI=1S/C25H25F3N4O2/c1-4-31(16-23(33)29-22-13-9-8-12-21(22)25(26,27)28)24(34)15-14-20-17(2)30-32(18(20)3)19-10-6-5-7-11-19/h5-15H,4,16H2,1-3H3,(H,29,33)/b15-14+. The molecule has 0 saturated carbocycles. The highest BCUT2D eigenvalue weighted by atomic mass is 19.4. The van der Waals surface area contributed by atoms with Crippen LogP contribution in [0.25, 0.3) is 11.8 Å². The first-order chi connectivity index (χ1) is 16.1. The second-order valence-corrected chi connectivity index (χ2v) is 7.61. The van der Waals surface area contributed by atoms with Crippen LogP contribution in [0.4, 0.5) is 18.9 Å². The highest BCUT2D eigenvalue weighted by molar-refractivity contribution is 5.98. The van der Waals surface area contributed by atoms with Crippen LogP contribution in [0.15, 0.2) is 60.7 Å². The van der Waals surface area contributed by atoms with Gasteiger partial charge in [0, 0.05) is 23.9 Å². The monoisotopic (exact) mass is 470 g/mol. The molecule has 3 rings (SSSR count). The summed E-state index contributed by atoms with van der Waals surface area (Å²) < 4.78 is 41.3. The van der Waals surface area contributed by atoms with E-state index in [0.29, 0.717) is 0 Å². The van der Waals surface area contributed by atoms with Crippen LogP contribution in [0.5, 0.6) is 0 Å². The number of likely N-dealkylation sites (N-methyl/N-ethyl adjacent to an activating group) is 1. The molecule has 0 saturated heterocycles. The smallest absolute Gasteiger partial charge is 0.330 e. The Labute approximate surface area is 195 Å². The van der Waals surface area contributed by atoms with Gasteiger partial charge in [-0.25, -0.2) is 4.68 Å². The minimum atomic E-state index is -4.60. The molecule has 0 radical (unpaired) electrons. The maximum atomic E-state index is 13.2. The van der Waals surface area contributed by atoms with Crippen molar-refractivity contribution in [1.29, 1.82) is 0 Å². The zero-order valence-electron chi connectivity index (χ0n) is 19.1. The largest absolute Gasteiger partial charge is 0.418 e. The first-order valence-electron chi connectivity index (χ1n) is 10.7. The first kappa shape index (κ1) is 24.8. The number of halogens is 3. The number of nitrogens with one attached hydrogen (secondary N) is 1. The fourth-order valence-electron chi connectivity index (χ4n) is 3.52. The van der Waals surface area contributed by atoms with Gasteiger partial charge in [-0.15, -0.1) is 0 Å². The van der Waals surface area contributed by atoms with Gasteiger partial charge in [0.05, 0.1) is 22.6 Å². The first-order valence-corrected chi connectivity index (χ1v) is 10.7. The van der Waals surface area contributed by atoms with Crippen molar-refractivity contribution in [2.45, 2.75) is 26.9 Å². The topological polar surface area (TPSA) is 67.2 Å². The average Bonchev–Trinajstić information content (AvgIpc) is 3.09. The van der Waals surface area contributed by atoms with Crippen LogP contribution in [-0.4, -0.2) is 39.6 Å². The highest BCUT2D eigenvalue weighted by Crippen LogP contribution is 2.34. The number of hydrogen-bond acceptors (Lipinski definition) is 3. The minimum absolute atomic E-state index is 0.207. The molecule has 0 aliphatic heterocycles. The predicted molar refractivity (Wildman–Crippen MR) is 124 cm³/mol. The van der Waals surface area contributed by atoms with Crippen molar-refractivity contribution in [1.82, 2.24) is 14.7 Å². The Morgan fingerprint density at radius 3 is 2.35 bits per heavy atom. The van der Waals surface area contributed by atoms with E-state index in [1.807, 2.05) is 44.2 Å². The average molecular weight is 470 g/mol. The summed E-state index contributed by atoms with van der Waals surface area (Å²) in [6.07, 6.45) is -1.63. The van der Waals surface area contributed by atoms with E-state index in [1.165, 1.54) is 29.2 Å². The summed E-state index contributed by atoms with van der Waals surface area (Å²) in [4.78, 5) is 26.4. The number of aryl methyl sites for hydroxylation is 1. The van der Waals surface area contributed by atoms with Gasteiger partial charge in [0.15, 0.2) is 0 Å². The molecule has 178 valence electrons. The molecule has 34 heavy (non-hydrogen) atoms. The number of alkyl halides is 3. The zero-order valence-corrected chi connectivity index (χ0v) is 19.1. The lowest BCUT2D eigenvalue weighted by Crippen LogP contribution is -2.37. The molecule has 1 N–H and O–H groups in total. The van der Waals surface area contributed by atoms with Crippen molar-refractivity contribution in [3.05, 3.63) is 83.2 Å². The van der Waals surface area contributed by atoms with Crippen molar-refractivity contribution < 1.29 is 22.8 Å². The highest BCUT2D eigenvalue weighted by Gasteiger charge is 2.33. The van der Waals surface area contributed by atoms with E-state index in [2.05, 4.69) is 10.4 Å². The van der Waals surface area contributed by atoms with Gasteiger partial charge < -0.3 is 10.2 Å². The van der Waals surface area contributed by atoms with E-state index < -0.39 is 23.6 Å². The Morgan fingerprint density at radius 1 is 1.06 bits per heavy atom. The van der Waals surface area contributed by atoms with Crippen LogP contribution in [0.1, 0.15) is 29.4 Å². The van der Waals surface area contributed by atoms with Crippen LogP contribution in [0.2, 0.25) is 0 Å². The van der Waals surface area contributed by atoms with Crippen LogP contribution in [0.3, 0.4) is 0 Å². The molecule has 0 unspecified atom stereocenters. The Balaban J connectivity index is 1.71. The van der Waals surface area contributed by atoms with E-state index in [4.69, 9.17) is 0 Å². The summed E-state index contributed by atoms with van der Waals surface area (Å²) in [5.74, 6) is -1.16. The Morgan fingerprint density at radius 2 is 1.71 bits per heavy atom. The van der Waals surface area contributed by atoms with Crippen molar-refractivity contribution in [2.24, 2.45) is 0 Å². The molecule has 2 amide bonds. The third-order valence-corrected chi connectivity index (χ3v) is 5.28. The van der Waals surface area contributed by atoms with Crippen LogP contribution < -0.4 is 5.32 Å². The maximum absolute atomic E-state index is 13.2. The van der Waals surface area contributed by atoms with E-state index >= 15 is 0 Å². The summed E-state index contributed by atoms with van der Waals surface area (Å²) in [6.45, 7) is 5.23. The quantitative estimate of drug-likeness (QED) is 0.494. The van der Waals surface area contributed by atoms with Crippen LogP contribution in [-0.2, 0) is 15.8 Å². The fraction of sp³-hybridized carbons (Fsp3) is 0.240. The molecular weight excluding hydrogens is 445 g/mol. The third kappa shape index (κ3) is 5.72. The molecule has 1 aromatic heterocycles. The van der Waals surface area contributed by atoms with E-state index in [1.54, 1.807) is 17.7 Å². The molecule has 0 spiro atoms. The van der Waals surface area contributed by atoms with Crippen LogP contribution >= 0.6 is 0 Å². The van der Waals surface area contributed by atoms with Gasteiger partial charge in [-0.05, 0) is 51.1 Å². The summed E-state index contributed by atoms with van der Waals surface area (Å²) in [5.41, 5.74) is 1.95. The van der Waals surface area contributed by atoms with Crippen LogP contribution in [0, 0.1) is 13.8 Å². The number of benzene rings is 2. The minimum Gasteiger partial charge on any atom is -0.330 e. The molecule has 0 atom stereocenters. The molecule has 2 aromatic carbocycles. The molecule has 0 aliphatic carbocycles. The maximum Gasteiger partial charge on any atom is 0.418 e. The number of anilines is 1. The van der Waals surface area contributed by atoms with Crippen molar-refractivity contribution >= 4 is 23.6 Å². The van der Waals surface area contributed by atoms with E-state index in [9.17, 15) is 22.8 Å². The number of carbonyl (C=O) groups excluding carboxylic acids is 2. The summed E-state index contributed by atoms with van der Waals surface area (Å²) >= 11 is 0. The number of para-hydroxylation sites is 2. The van der Waals surface area contributed by atoms with Gasteiger partial charge in [-0.3, -0.25) is 9.59 Å². The molecule has 6 nitrogen and oxygen atoms in total. The second kappa shape index (κ2) is 10.4. The lowest BCUT2D eigenvalue weighted by atomic mass is 10.1. The SMILES string of the molecule is CCN(CC(=O)Nc1ccccc1C(F)(F)F)C(=O)/C=C/c1c(C)nn(-c2ccccc2)c1C. The Hall–Kier alpha value is -3.88. The van der Waals surface area contributed by atoms with Gasteiger partial charge in [-0.1, -0.05) is 30.3 Å². The van der Waals surface area contributed by atoms with E-state index in [-0.39, 0.29) is 18.8 Å². The third-order valence-electron chi connectivity index (χ3n) is 5.28. The van der Waals surface area contributed by atoms with E-state index in [0.717, 1.165) is 28.7 Å². The molecule has 3 aromatic rings. The molecular formula is C25H25F3N4O2. The normalized spacial score (nSPS) is 11.6. The van der Waals surface area contributed by atoms with Gasteiger partial charge >= 0.3 is 6.18 Å². The number of hydrogen-bond donors (Lipinski definition) is 1. The van der Waals surface area contributed by atoms with Gasteiger partial charge in [0.1, 0.15) is 6.54 Å². The molecule has 9 heteroatoms. The summed E-state index contributed by atoms with van der Waals surface area (Å²) in [6, 6.07) is 14.3. The fourth-order valence-corrected chi connectivity index (χ4v) is 3.52. The number of nitrogens with zero attached hydrogens (tertiary/aromatic N) is 3. The number of amides is 2. The summed E-state index contributed by atoms with van der Waals surface area (Å²) in [7, 11) is 0. The lowest BCUT2D eigenvalue weighted by Gasteiger charge is -2.19. The predicted octanol–water partition coefficient (Wildman–Crippen LogP) is 5.01. The molecule has 0 aliphatic rings. The Bertz CT molecular complexity index is 1200. The van der Waals surface area contributed by atoms with Crippen molar-refractivity contribution in [3.63, 3.8) is 0 Å². The zero-order chi connectivity index (χ0) is 24.9. The number of carbonyl (C=O) groups is 2. The molecule has 1 heterocycles. The number of aromatic nitrogens is 2. The second-order valence-electron chi connectivity index (χ2n) is 7.61. The van der Waals surface area contributed by atoms with Crippen molar-refractivity contribution in [3.8, 4) is 5.69 Å². The summed E-state index contributed by atoms with van der Waals surface area (Å²) in [5, 5.41) is 6.79.